The van der Waals surface area contributed by atoms with E-state index in [-0.39, 0.29) is 12.5 Å². The fourth-order valence-electron chi connectivity index (χ4n) is 2.22. The molecule has 0 saturated carbocycles. The van der Waals surface area contributed by atoms with Gasteiger partial charge < -0.3 is 10.0 Å². The number of hydrogen-bond donors (Lipinski definition) is 1. The number of aryl methyl sites for hydroxylation is 1. The number of aliphatic hydroxyl groups is 1. The number of benzene rings is 1. The summed E-state index contributed by atoms with van der Waals surface area (Å²) in [5.74, 6) is 6.91. The monoisotopic (exact) mass is 305 g/mol. The van der Waals surface area contributed by atoms with Crippen LogP contribution in [0.15, 0.2) is 18.2 Å². The molecule has 1 aromatic carbocycles. The molecular formula is C16H19NO3S. The van der Waals surface area contributed by atoms with E-state index in [1.54, 1.807) is 11.0 Å². The molecule has 1 saturated heterocycles. The van der Waals surface area contributed by atoms with Crippen LogP contribution in [0.2, 0.25) is 0 Å². The number of nitrogens with zero attached hydrogens (tertiary/aromatic N) is 1. The molecule has 1 aliphatic rings. The van der Waals surface area contributed by atoms with Crippen LogP contribution in [0.1, 0.15) is 27.9 Å². The van der Waals surface area contributed by atoms with Crippen molar-refractivity contribution < 1.29 is 14.1 Å². The first-order valence-corrected chi connectivity index (χ1v) is 8.44. The third-order valence-corrected chi connectivity index (χ3v) is 4.53. The van der Waals surface area contributed by atoms with Crippen LogP contribution >= 0.6 is 0 Å². The number of aliphatic hydroxyl groups excluding tert-OH is 1. The highest BCUT2D eigenvalue weighted by Crippen LogP contribution is 2.13. The molecule has 1 N–H and O–H groups in total. The summed E-state index contributed by atoms with van der Waals surface area (Å²) in [4.78, 5) is 14.2. The van der Waals surface area contributed by atoms with E-state index >= 15 is 0 Å². The fourth-order valence-corrected chi connectivity index (χ4v) is 3.27. The van der Waals surface area contributed by atoms with E-state index in [9.17, 15) is 9.00 Å². The van der Waals surface area contributed by atoms with Crippen LogP contribution in [-0.2, 0) is 10.8 Å². The van der Waals surface area contributed by atoms with Crippen LogP contribution in [0.25, 0.3) is 0 Å². The lowest BCUT2D eigenvalue weighted by molar-refractivity contribution is 0.0771. The van der Waals surface area contributed by atoms with Gasteiger partial charge in [-0.3, -0.25) is 9.00 Å². The second-order valence-corrected chi connectivity index (χ2v) is 6.70. The van der Waals surface area contributed by atoms with Crippen molar-refractivity contribution in [3.63, 3.8) is 0 Å². The molecule has 0 radical (unpaired) electrons. The van der Waals surface area contributed by atoms with Crippen LogP contribution in [0.4, 0.5) is 0 Å². The number of rotatable bonds is 2. The highest BCUT2D eigenvalue weighted by atomic mass is 32.2. The van der Waals surface area contributed by atoms with Crippen LogP contribution in [-0.4, -0.2) is 51.3 Å². The van der Waals surface area contributed by atoms with E-state index in [0.717, 1.165) is 11.1 Å². The van der Waals surface area contributed by atoms with Crippen molar-refractivity contribution in [3.8, 4) is 11.8 Å². The molecule has 0 spiro atoms. The third-order valence-electron chi connectivity index (χ3n) is 3.26. The SMILES string of the molecule is Cc1cc(C#CCCO)cc(C(=O)N2CCS(=O)CC2)c1. The number of hydrogen-bond acceptors (Lipinski definition) is 3. The maximum absolute atomic E-state index is 12.5. The summed E-state index contributed by atoms with van der Waals surface area (Å²) < 4.78 is 11.4. The fraction of sp³-hybridized carbons (Fsp3) is 0.438. The Morgan fingerprint density at radius 1 is 1.33 bits per heavy atom. The quantitative estimate of drug-likeness (QED) is 0.827. The van der Waals surface area contributed by atoms with Gasteiger partial charge in [-0.05, 0) is 30.7 Å². The van der Waals surface area contributed by atoms with Gasteiger partial charge >= 0.3 is 0 Å². The lowest BCUT2D eigenvalue weighted by atomic mass is 10.1. The highest BCUT2D eigenvalue weighted by molar-refractivity contribution is 7.85. The summed E-state index contributed by atoms with van der Waals surface area (Å²) in [6, 6.07) is 5.56. The van der Waals surface area contributed by atoms with Crippen LogP contribution in [0.3, 0.4) is 0 Å². The van der Waals surface area contributed by atoms with E-state index in [2.05, 4.69) is 11.8 Å². The van der Waals surface area contributed by atoms with Gasteiger partial charge in [-0.1, -0.05) is 11.8 Å². The van der Waals surface area contributed by atoms with Crippen molar-refractivity contribution >= 4 is 16.7 Å². The zero-order valence-electron chi connectivity index (χ0n) is 12.1. The van der Waals surface area contributed by atoms with E-state index in [0.29, 0.717) is 36.6 Å². The van der Waals surface area contributed by atoms with Crippen molar-refractivity contribution in [2.45, 2.75) is 13.3 Å². The summed E-state index contributed by atoms with van der Waals surface area (Å²) in [5.41, 5.74) is 2.39. The van der Waals surface area contributed by atoms with E-state index in [4.69, 9.17) is 5.11 Å². The normalized spacial score (nSPS) is 15.4. The lowest BCUT2D eigenvalue weighted by Gasteiger charge is -2.26. The Morgan fingerprint density at radius 3 is 2.71 bits per heavy atom. The molecule has 1 aromatic rings. The minimum Gasteiger partial charge on any atom is -0.395 e. The molecule has 4 nitrogen and oxygen atoms in total. The van der Waals surface area contributed by atoms with Crippen molar-refractivity contribution in [2.24, 2.45) is 0 Å². The van der Waals surface area contributed by atoms with Gasteiger partial charge in [0.25, 0.3) is 5.91 Å². The summed E-state index contributed by atoms with van der Waals surface area (Å²) in [6.45, 7) is 3.06. The van der Waals surface area contributed by atoms with E-state index < -0.39 is 10.8 Å². The van der Waals surface area contributed by atoms with Crippen LogP contribution < -0.4 is 0 Å². The maximum Gasteiger partial charge on any atom is 0.253 e. The molecule has 1 aliphatic heterocycles. The number of carbonyl (C=O) groups is 1. The van der Waals surface area contributed by atoms with Gasteiger partial charge in [-0.15, -0.1) is 0 Å². The van der Waals surface area contributed by atoms with Crippen LogP contribution in [0.5, 0.6) is 0 Å². The molecular weight excluding hydrogens is 286 g/mol. The average molecular weight is 305 g/mol. The predicted molar refractivity (Wildman–Crippen MR) is 83.5 cm³/mol. The van der Waals surface area contributed by atoms with Gasteiger partial charge in [0.15, 0.2) is 0 Å². The first kappa shape index (κ1) is 15.7. The minimum atomic E-state index is -0.788. The molecule has 0 bridgehead atoms. The number of amides is 1. The molecule has 2 rings (SSSR count). The van der Waals surface area contributed by atoms with Gasteiger partial charge in [0.2, 0.25) is 0 Å². The molecule has 0 atom stereocenters. The lowest BCUT2D eigenvalue weighted by Crippen LogP contribution is -2.41. The average Bonchev–Trinajstić information content (AvgIpc) is 2.47. The van der Waals surface area contributed by atoms with E-state index in [1.807, 2.05) is 19.1 Å². The molecule has 0 unspecified atom stereocenters. The molecule has 112 valence electrons. The second kappa shape index (κ2) is 7.39. The van der Waals surface area contributed by atoms with E-state index in [1.165, 1.54) is 0 Å². The summed E-state index contributed by atoms with van der Waals surface area (Å²) in [5, 5.41) is 8.75. The first-order valence-electron chi connectivity index (χ1n) is 6.96. The Kier molecular flexibility index (Phi) is 5.54. The Hall–Kier alpha value is -1.64. The van der Waals surface area contributed by atoms with Gasteiger partial charge in [-0.2, -0.15) is 0 Å². The Balaban J connectivity index is 2.17. The van der Waals surface area contributed by atoms with Gasteiger partial charge in [-0.25, -0.2) is 0 Å². The summed E-state index contributed by atoms with van der Waals surface area (Å²) >= 11 is 0. The second-order valence-electron chi connectivity index (χ2n) is 5.00. The standard InChI is InChI=1S/C16H19NO3S/c1-13-10-14(4-2-3-7-18)12-15(11-13)16(19)17-5-8-21(20)9-6-17/h10-12,18H,3,5-9H2,1H3. The maximum atomic E-state index is 12.5. The van der Waals surface area contributed by atoms with Crippen LogP contribution in [0, 0.1) is 18.8 Å². The topological polar surface area (TPSA) is 57.6 Å². The van der Waals surface area contributed by atoms with Gasteiger partial charge in [0.05, 0.1) is 6.61 Å². The van der Waals surface area contributed by atoms with Crippen molar-refractivity contribution in [3.05, 3.63) is 34.9 Å². The summed E-state index contributed by atoms with van der Waals surface area (Å²) in [6.07, 6.45) is 0.426. The van der Waals surface area contributed by atoms with Crippen molar-refractivity contribution in [1.82, 2.24) is 4.90 Å². The molecule has 1 fully saturated rings. The molecule has 1 heterocycles. The highest BCUT2D eigenvalue weighted by Gasteiger charge is 2.21. The Morgan fingerprint density at radius 2 is 2.05 bits per heavy atom. The first-order chi connectivity index (χ1) is 10.1. The predicted octanol–water partition coefficient (Wildman–Crippen LogP) is 0.933. The minimum absolute atomic E-state index is 0.0272. The van der Waals surface area contributed by atoms with Crippen molar-refractivity contribution in [1.29, 1.82) is 0 Å². The Labute approximate surface area is 127 Å². The van der Waals surface area contributed by atoms with Gasteiger partial charge in [0, 0.05) is 52.9 Å². The molecule has 5 heteroatoms. The van der Waals surface area contributed by atoms with Gasteiger partial charge in [0.1, 0.15) is 0 Å². The van der Waals surface area contributed by atoms with Crippen molar-refractivity contribution in [2.75, 3.05) is 31.2 Å². The zero-order valence-corrected chi connectivity index (χ0v) is 12.9. The summed E-state index contributed by atoms with van der Waals surface area (Å²) in [7, 11) is -0.788. The number of carbonyl (C=O) groups excluding carboxylic acids is 1. The molecule has 0 aliphatic carbocycles. The largest absolute Gasteiger partial charge is 0.395 e. The zero-order chi connectivity index (χ0) is 15.2. The smallest absolute Gasteiger partial charge is 0.253 e. The Bertz CT molecular complexity index is 606. The molecule has 0 aromatic heterocycles. The molecule has 1 amide bonds. The third kappa shape index (κ3) is 4.42. The molecule has 21 heavy (non-hydrogen) atoms.